The van der Waals surface area contributed by atoms with E-state index in [0.29, 0.717) is 6.54 Å². The van der Waals surface area contributed by atoms with E-state index in [-0.39, 0.29) is 17.6 Å². The van der Waals surface area contributed by atoms with Crippen LogP contribution in [0.25, 0.3) is 0 Å². The number of amides is 1. The number of carbonyl (C=O) groups excluding carboxylic acids is 1. The topological polar surface area (TPSA) is 64.0 Å². The number of rotatable bonds is 3. The van der Waals surface area contributed by atoms with E-state index in [2.05, 4.69) is 10.3 Å². The fraction of sp³-hybridized carbons (Fsp3) is 0.375. The second-order valence-corrected chi connectivity index (χ2v) is 2.96. The van der Waals surface area contributed by atoms with Gasteiger partial charge in [-0.1, -0.05) is 11.6 Å². The summed E-state index contributed by atoms with van der Waals surface area (Å²) in [7, 11) is 0. The Morgan fingerprint density at radius 2 is 2.43 bits per heavy atom. The molecule has 0 unspecified atom stereocenters. The molecule has 1 rings (SSSR count). The van der Waals surface area contributed by atoms with Crippen molar-refractivity contribution < 1.29 is 4.79 Å². The molecule has 0 atom stereocenters. The van der Waals surface area contributed by atoms with Gasteiger partial charge >= 0.3 is 0 Å². The Balaban J connectivity index is 2.82. The Morgan fingerprint density at radius 3 is 3.07 bits per heavy atom. The lowest BCUT2D eigenvalue weighted by Crippen LogP contribution is -2.32. The van der Waals surface area contributed by atoms with Crippen LogP contribution < -0.4 is 10.9 Å². The first-order chi connectivity index (χ1) is 6.65. The van der Waals surface area contributed by atoms with E-state index in [1.54, 1.807) is 6.92 Å². The summed E-state index contributed by atoms with van der Waals surface area (Å²) in [4.78, 5) is 26.0. The number of hydrogen-bond acceptors (Lipinski definition) is 3. The SMILES string of the molecule is CCNC(=O)Cn1ccnc(Cl)c1=O. The highest BCUT2D eigenvalue weighted by atomic mass is 35.5. The number of hydrogen-bond donors (Lipinski definition) is 1. The summed E-state index contributed by atoms with van der Waals surface area (Å²) in [5.41, 5.74) is -0.458. The average molecular weight is 216 g/mol. The molecule has 0 spiro atoms. The van der Waals surface area contributed by atoms with E-state index in [4.69, 9.17) is 11.6 Å². The third-order valence-electron chi connectivity index (χ3n) is 1.56. The first kappa shape index (κ1) is 10.7. The molecule has 0 aromatic carbocycles. The summed E-state index contributed by atoms with van der Waals surface area (Å²) in [5.74, 6) is -0.225. The standard InChI is InChI=1S/C8H10ClN3O2/c1-2-10-6(13)5-12-4-3-11-7(9)8(12)14/h3-4H,2,5H2,1H3,(H,10,13). The minimum Gasteiger partial charge on any atom is -0.355 e. The predicted octanol–water partition coefficient (Wildman–Crippen LogP) is 0.0328. The summed E-state index contributed by atoms with van der Waals surface area (Å²) < 4.78 is 1.21. The van der Waals surface area contributed by atoms with Crippen molar-refractivity contribution >= 4 is 17.5 Å². The van der Waals surface area contributed by atoms with Crippen LogP contribution in [0.5, 0.6) is 0 Å². The second-order valence-electron chi connectivity index (χ2n) is 2.60. The summed E-state index contributed by atoms with van der Waals surface area (Å²) >= 11 is 5.50. The molecule has 0 aliphatic rings. The zero-order chi connectivity index (χ0) is 10.6. The maximum atomic E-state index is 11.3. The fourth-order valence-electron chi connectivity index (χ4n) is 0.953. The van der Waals surface area contributed by atoms with Gasteiger partial charge in [-0.05, 0) is 6.92 Å². The van der Waals surface area contributed by atoms with Crippen LogP contribution in [-0.4, -0.2) is 22.0 Å². The number of nitrogens with zero attached hydrogens (tertiary/aromatic N) is 2. The molecule has 0 saturated carbocycles. The average Bonchev–Trinajstić information content (AvgIpc) is 2.13. The van der Waals surface area contributed by atoms with Crippen LogP contribution in [0.4, 0.5) is 0 Å². The van der Waals surface area contributed by atoms with Gasteiger partial charge in [0.2, 0.25) is 5.91 Å². The molecule has 0 aliphatic heterocycles. The van der Waals surface area contributed by atoms with E-state index in [9.17, 15) is 9.59 Å². The molecule has 0 aliphatic carbocycles. The van der Waals surface area contributed by atoms with Gasteiger partial charge in [0.25, 0.3) is 5.56 Å². The lowest BCUT2D eigenvalue weighted by Gasteiger charge is -2.04. The van der Waals surface area contributed by atoms with Crippen molar-refractivity contribution in [1.29, 1.82) is 0 Å². The molecule has 1 heterocycles. The molecule has 5 nitrogen and oxygen atoms in total. The van der Waals surface area contributed by atoms with Crippen molar-refractivity contribution in [3.8, 4) is 0 Å². The molecule has 6 heteroatoms. The zero-order valence-electron chi connectivity index (χ0n) is 7.66. The van der Waals surface area contributed by atoms with Crippen LogP contribution in [0.1, 0.15) is 6.92 Å². The van der Waals surface area contributed by atoms with Crippen molar-refractivity contribution in [3.63, 3.8) is 0 Å². The summed E-state index contributed by atoms with van der Waals surface area (Å²) in [5, 5.41) is 2.45. The van der Waals surface area contributed by atoms with Gasteiger partial charge < -0.3 is 9.88 Å². The molecule has 1 N–H and O–H groups in total. The quantitative estimate of drug-likeness (QED) is 0.774. The maximum Gasteiger partial charge on any atom is 0.288 e. The van der Waals surface area contributed by atoms with Crippen molar-refractivity contribution in [1.82, 2.24) is 14.9 Å². The van der Waals surface area contributed by atoms with Crippen LogP contribution in [0, 0.1) is 0 Å². The summed E-state index contributed by atoms with van der Waals surface area (Å²) in [6, 6.07) is 0. The molecule has 0 fully saturated rings. The van der Waals surface area contributed by atoms with Crippen LogP contribution in [0.2, 0.25) is 5.15 Å². The highest BCUT2D eigenvalue weighted by Crippen LogP contribution is 1.93. The van der Waals surface area contributed by atoms with Gasteiger partial charge in [0, 0.05) is 18.9 Å². The van der Waals surface area contributed by atoms with Crippen LogP contribution in [0.15, 0.2) is 17.2 Å². The number of likely N-dealkylation sites (N-methyl/N-ethyl adjacent to an activating group) is 1. The number of nitrogens with one attached hydrogen (secondary N) is 1. The maximum absolute atomic E-state index is 11.3. The second kappa shape index (κ2) is 4.76. The molecule has 1 aromatic heterocycles. The predicted molar refractivity (Wildman–Crippen MR) is 52.2 cm³/mol. The number of halogens is 1. The molecular formula is C8H10ClN3O2. The highest BCUT2D eigenvalue weighted by molar-refractivity contribution is 6.29. The lowest BCUT2D eigenvalue weighted by molar-refractivity contribution is -0.121. The third-order valence-corrected chi connectivity index (χ3v) is 1.82. The Labute approximate surface area is 85.7 Å². The molecule has 1 amide bonds. The van der Waals surface area contributed by atoms with Gasteiger partial charge in [-0.3, -0.25) is 9.59 Å². The Hall–Kier alpha value is -1.36. The lowest BCUT2D eigenvalue weighted by atomic mass is 10.5. The smallest absolute Gasteiger partial charge is 0.288 e. The van der Waals surface area contributed by atoms with Gasteiger partial charge in [-0.15, -0.1) is 0 Å². The zero-order valence-corrected chi connectivity index (χ0v) is 8.41. The first-order valence-corrected chi connectivity index (χ1v) is 4.50. The van der Waals surface area contributed by atoms with Crippen molar-refractivity contribution in [2.24, 2.45) is 0 Å². The van der Waals surface area contributed by atoms with Gasteiger partial charge in [0.1, 0.15) is 6.54 Å². The Kier molecular flexibility index (Phi) is 3.64. The molecule has 0 bridgehead atoms. The minimum absolute atomic E-state index is 0.0328. The molecule has 0 radical (unpaired) electrons. The van der Waals surface area contributed by atoms with Crippen LogP contribution in [0.3, 0.4) is 0 Å². The Morgan fingerprint density at radius 1 is 1.71 bits per heavy atom. The summed E-state index contributed by atoms with van der Waals surface area (Å²) in [6.07, 6.45) is 2.80. The van der Waals surface area contributed by atoms with Crippen molar-refractivity contribution in [3.05, 3.63) is 27.9 Å². The molecule has 14 heavy (non-hydrogen) atoms. The third kappa shape index (κ3) is 2.56. The fourth-order valence-corrected chi connectivity index (χ4v) is 1.12. The first-order valence-electron chi connectivity index (χ1n) is 4.12. The van der Waals surface area contributed by atoms with Gasteiger partial charge in [-0.25, -0.2) is 4.98 Å². The minimum atomic E-state index is -0.458. The van der Waals surface area contributed by atoms with Crippen molar-refractivity contribution in [2.75, 3.05) is 6.54 Å². The molecule has 1 aromatic rings. The molecular weight excluding hydrogens is 206 g/mol. The van der Waals surface area contributed by atoms with E-state index in [1.807, 2.05) is 0 Å². The monoisotopic (exact) mass is 215 g/mol. The summed E-state index contributed by atoms with van der Waals surface area (Å²) in [6.45, 7) is 2.31. The molecule has 0 saturated heterocycles. The van der Waals surface area contributed by atoms with E-state index >= 15 is 0 Å². The van der Waals surface area contributed by atoms with Crippen molar-refractivity contribution in [2.45, 2.75) is 13.5 Å². The van der Waals surface area contributed by atoms with E-state index in [1.165, 1.54) is 17.0 Å². The largest absolute Gasteiger partial charge is 0.355 e. The highest BCUT2D eigenvalue weighted by Gasteiger charge is 2.05. The normalized spacial score (nSPS) is 9.86. The Bertz CT molecular complexity index is 388. The van der Waals surface area contributed by atoms with E-state index < -0.39 is 5.56 Å². The number of aromatic nitrogens is 2. The van der Waals surface area contributed by atoms with Crippen LogP contribution >= 0.6 is 11.6 Å². The van der Waals surface area contributed by atoms with Gasteiger partial charge in [0.05, 0.1) is 0 Å². The van der Waals surface area contributed by atoms with Crippen LogP contribution in [-0.2, 0) is 11.3 Å². The van der Waals surface area contributed by atoms with E-state index in [0.717, 1.165) is 0 Å². The number of carbonyl (C=O) groups is 1. The van der Waals surface area contributed by atoms with Gasteiger partial charge in [-0.2, -0.15) is 0 Å². The van der Waals surface area contributed by atoms with Gasteiger partial charge in [0.15, 0.2) is 5.15 Å². The molecule has 76 valence electrons.